The van der Waals surface area contributed by atoms with Crippen LogP contribution in [0, 0.1) is 0 Å². The van der Waals surface area contributed by atoms with Crippen LogP contribution in [-0.4, -0.2) is 12.0 Å². The van der Waals surface area contributed by atoms with E-state index in [4.69, 9.17) is 10.5 Å². The van der Waals surface area contributed by atoms with E-state index in [1.807, 2.05) is 38.1 Å². The van der Waals surface area contributed by atoms with E-state index in [0.29, 0.717) is 12.8 Å². The molecule has 3 nitrogen and oxygen atoms in total. The fourth-order valence-corrected chi connectivity index (χ4v) is 1.34. The number of hydrogen-bond acceptors (Lipinski definition) is 2. The number of nitrogens with two attached hydrogens (primary N) is 1. The van der Waals surface area contributed by atoms with Crippen molar-refractivity contribution in [1.29, 1.82) is 0 Å². The van der Waals surface area contributed by atoms with Crippen LogP contribution in [0.1, 0.15) is 25.8 Å². The summed E-state index contributed by atoms with van der Waals surface area (Å²) < 4.78 is 5.63. The van der Waals surface area contributed by atoms with E-state index in [2.05, 4.69) is 0 Å². The third kappa shape index (κ3) is 4.02. The van der Waals surface area contributed by atoms with E-state index in [0.717, 1.165) is 11.3 Å². The van der Waals surface area contributed by atoms with Gasteiger partial charge in [-0.05, 0) is 31.9 Å². The Morgan fingerprint density at radius 2 is 2.07 bits per heavy atom. The highest BCUT2D eigenvalue weighted by Gasteiger charge is 2.05. The highest BCUT2D eigenvalue weighted by atomic mass is 16.5. The molecule has 0 aliphatic rings. The van der Waals surface area contributed by atoms with Gasteiger partial charge in [-0.1, -0.05) is 18.2 Å². The number of ether oxygens (including phenoxy) is 1. The van der Waals surface area contributed by atoms with Crippen molar-refractivity contribution in [2.24, 2.45) is 5.73 Å². The van der Waals surface area contributed by atoms with Crippen LogP contribution in [-0.2, 0) is 11.2 Å². The third-order valence-electron chi connectivity index (χ3n) is 1.98. The van der Waals surface area contributed by atoms with Crippen molar-refractivity contribution in [2.45, 2.75) is 32.8 Å². The number of amides is 1. The summed E-state index contributed by atoms with van der Waals surface area (Å²) in [5.74, 6) is 0.558. The van der Waals surface area contributed by atoms with E-state index < -0.39 is 0 Å². The highest BCUT2D eigenvalue weighted by molar-refractivity contribution is 5.74. The Balaban J connectivity index is 2.72. The van der Waals surface area contributed by atoms with Gasteiger partial charge in [0.1, 0.15) is 5.75 Å². The summed E-state index contributed by atoms with van der Waals surface area (Å²) >= 11 is 0. The number of rotatable bonds is 5. The van der Waals surface area contributed by atoms with Gasteiger partial charge in [0, 0.05) is 6.42 Å². The molecule has 0 saturated carbocycles. The first-order valence-electron chi connectivity index (χ1n) is 5.12. The number of aryl methyl sites for hydroxylation is 1. The topological polar surface area (TPSA) is 52.3 Å². The second-order valence-electron chi connectivity index (χ2n) is 3.74. The molecule has 1 aromatic rings. The smallest absolute Gasteiger partial charge is 0.217 e. The molecule has 0 spiro atoms. The molecule has 0 saturated heterocycles. The second-order valence-corrected chi connectivity index (χ2v) is 3.74. The molecule has 0 heterocycles. The molecule has 3 heteroatoms. The third-order valence-corrected chi connectivity index (χ3v) is 1.98. The van der Waals surface area contributed by atoms with Crippen molar-refractivity contribution < 1.29 is 9.53 Å². The fourth-order valence-electron chi connectivity index (χ4n) is 1.34. The summed E-state index contributed by atoms with van der Waals surface area (Å²) in [5.41, 5.74) is 6.14. The molecule has 82 valence electrons. The zero-order valence-corrected chi connectivity index (χ0v) is 9.19. The monoisotopic (exact) mass is 207 g/mol. The molecule has 0 aromatic heterocycles. The number of benzene rings is 1. The van der Waals surface area contributed by atoms with Gasteiger partial charge in [-0.25, -0.2) is 0 Å². The quantitative estimate of drug-likeness (QED) is 0.801. The molecule has 0 fully saturated rings. The van der Waals surface area contributed by atoms with Crippen LogP contribution in [0.4, 0.5) is 0 Å². The Kier molecular flexibility index (Phi) is 4.16. The van der Waals surface area contributed by atoms with Gasteiger partial charge < -0.3 is 10.5 Å². The molecule has 0 bridgehead atoms. The minimum Gasteiger partial charge on any atom is -0.491 e. The van der Waals surface area contributed by atoms with E-state index >= 15 is 0 Å². The largest absolute Gasteiger partial charge is 0.491 e. The van der Waals surface area contributed by atoms with Crippen molar-refractivity contribution in [2.75, 3.05) is 0 Å². The lowest BCUT2D eigenvalue weighted by Gasteiger charge is -2.13. The Labute approximate surface area is 90.2 Å². The summed E-state index contributed by atoms with van der Waals surface area (Å²) in [7, 11) is 0. The summed E-state index contributed by atoms with van der Waals surface area (Å²) in [4.78, 5) is 10.7. The van der Waals surface area contributed by atoms with Crippen LogP contribution in [0.5, 0.6) is 5.75 Å². The number of carbonyl (C=O) groups excluding carboxylic acids is 1. The van der Waals surface area contributed by atoms with Gasteiger partial charge in [0.25, 0.3) is 0 Å². The van der Waals surface area contributed by atoms with E-state index in [1.54, 1.807) is 0 Å². The van der Waals surface area contributed by atoms with Crippen LogP contribution < -0.4 is 10.5 Å². The van der Waals surface area contributed by atoms with Gasteiger partial charge in [0.2, 0.25) is 5.91 Å². The summed E-state index contributed by atoms with van der Waals surface area (Å²) in [5, 5.41) is 0. The van der Waals surface area contributed by atoms with E-state index in [-0.39, 0.29) is 12.0 Å². The van der Waals surface area contributed by atoms with Crippen LogP contribution >= 0.6 is 0 Å². The van der Waals surface area contributed by atoms with Gasteiger partial charge in [-0.2, -0.15) is 0 Å². The van der Waals surface area contributed by atoms with Gasteiger partial charge in [-0.15, -0.1) is 0 Å². The van der Waals surface area contributed by atoms with E-state index in [9.17, 15) is 4.79 Å². The second kappa shape index (κ2) is 5.39. The maximum Gasteiger partial charge on any atom is 0.217 e. The van der Waals surface area contributed by atoms with Crippen LogP contribution in [0.15, 0.2) is 24.3 Å². The molecule has 0 aliphatic carbocycles. The predicted octanol–water partition coefficient (Wildman–Crippen LogP) is 1.89. The molecule has 15 heavy (non-hydrogen) atoms. The lowest BCUT2D eigenvalue weighted by molar-refractivity contribution is -0.117. The summed E-state index contributed by atoms with van der Waals surface area (Å²) in [6, 6.07) is 7.73. The molecule has 0 unspecified atom stereocenters. The van der Waals surface area contributed by atoms with Gasteiger partial charge in [0.05, 0.1) is 6.10 Å². The Bertz CT molecular complexity index is 334. The lowest BCUT2D eigenvalue weighted by atomic mass is 10.1. The van der Waals surface area contributed by atoms with Gasteiger partial charge in [0.15, 0.2) is 0 Å². The number of carbonyl (C=O) groups is 1. The number of hydrogen-bond donors (Lipinski definition) is 1. The maximum atomic E-state index is 10.7. The van der Waals surface area contributed by atoms with E-state index in [1.165, 1.54) is 0 Å². The molecule has 0 atom stereocenters. The van der Waals surface area contributed by atoms with Crippen molar-refractivity contribution >= 4 is 5.91 Å². The average molecular weight is 207 g/mol. The molecule has 1 rings (SSSR count). The first-order valence-corrected chi connectivity index (χ1v) is 5.12. The Morgan fingerprint density at radius 3 is 2.67 bits per heavy atom. The zero-order valence-electron chi connectivity index (χ0n) is 9.19. The molecule has 0 aliphatic heterocycles. The van der Waals surface area contributed by atoms with Crippen molar-refractivity contribution in [1.82, 2.24) is 0 Å². The minimum atomic E-state index is -0.283. The molecule has 1 aromatic carbocycles. The Morgan fingerprint density at radius 1 is 1.40 bits per heavy atom. The first-order chi connectivity index (χ1) is 7.09. The first kappa shape index (κ1) is 11.6. The predicted molar refractivity (Wildman–Crippen MR) is 59.7 cm³/mol. The Hall–Kier alpha value is -1.51. The number of primary amides is 1. The summed E-state index contributed by atoms with van der Waals surface area (Å²) in [6.07, 6.45) is 1.14. The van der Waals surface area contributed by atoms with Crippen LogP contribution in [0.2, 0.25) is 0 Å². The van der Waals surface area contributed by atoms with Crippen LogP contribution in [0.3, 0.4) is 0 Å². The van der Waals surface area contributed by atoms with Crippen molar-refractivity contribution in [3.05, 3.63) is 29.8 Å². The molecule has 0 radical (unpaired) electrons. The molecule has 1 amide bonds. The minimum absolute atomic E-state index is 0.139. The normalized spacial score (nSPS) is 10.3. The average Bonchev–Trinajstić information content (AvgIpc) is 2.15. The van der Waals surface area contributed by atoms with Crippen LogP contribution in [0.25, 0.3) is 0 Å². The van der Waals surface area contributed by atoms with Gasteiger partial charge in [-0.3, -0.25) is 4.79 Å². The van der Waals surface area contributed by atoms with Crippen molar-refractivity contribution in [3.63, 3.8) is 0 Å². The SMILES string of the molecule is CC(C)Oc1ccccc1CCC(N)=O. The standard InChI is InChI=1S/C12H17NO2/c1-9(2)15-11-6-4-3-5-10(11)7-8-12(13)14/h3-6,9H,7-8H2,1-2H3,(H2,13,14). The maximum absolute atomic E-state index is 10.7. The highest BCUT2D eigenvalue weighted by Crippen LogP contribution is 2.20. The fraction of sp³-hybridized carbons (Fsp3) is 0.417. The molecular weight excluding hydrogens is 190 g/mol. The van der Waals surface area contributed by atoms with Crippen molar-refractivity contribution in [3.8, 4) is 5.75 Å². The molecular formula is C12H17NO2. The number of para-hydroxylation sites is 1. The molecule has 2 N–H and O–H groups in total. The lowest BCUT2D eigenvalue weighted by Crippen LogP contribution is -2.12. The summed E-state index contributed by atoms with van der Waals surface area (Å²) in [6.45, 7) is 3.95. The zero-order chi connectivity index (χ0) is 11.3. The van der Waals surface area contributed by atoms with Gasteiger partial charge >= 0.3 is 0 Å².